The first-order valence-electron chi connectivity index (χ1n) is 6.61. The molecule has 0 fully saturated rings. The normalized spacial score (nSPS) is 17.5. The SMILES string of the molecule is COc1ccc(C2NN=C(c3ccccc3)NC2=O)cc1. The van der Waals surface area contributed by atoms with Crippen LogP contribution in [0.25, 0.3) is 0 Å². The molecule has 0 saturated heterocycles. The Morgan fingerprint density at radius 2 is 1.76 bits per heavy atom. The van der Waals surface area contributed by atoms with E-state index in [4.69, 9.17) is 4.74 Å². The molecule has 2 aromatic rings. The second kappa shape index (κ2) is 5.66. The van der Waals surface area contributed by atoms with Crippen molar-refractivity contribution in [3.05, 3.63) is 65.7 Å². The van der Waals surface area contributed by atoms with Crippen molar-refractivity contribution in [2.24, 2.45) is 5.10 Å². The van der Waals surface area contributed by atoms with Crippen LogP contribution in [0.2, 0.25) is 0 Å². The fourth-order valence-corrected chi connectivity index (χ4v) is 2.16. The Labute approximate surface area is 122 Å². The average Bonchev–Trinajstić information content (AvgIpc) is 2.56. The van der Waals surface area contributed by atoms with Gasteiger partial charge in [-0.05, 0) is 17.7 Å². The van der Waals surface area contributed by atoms with Gasteiger partial charge in [0.15, 0.2) is 5.84 Å². The van der Waals surface area contributed by atoms with E-state index in [9.17, 15) is 4.79 Å². The second-order valence-corrected chi connectivity index (χ2v) is 4.65. The van der Waals surface area contributed by atoms with Crippen LogP contribution < -0.4 is 15.5 Å². The van der Waals surface area contributed by atoms with Gasteiger partial charge in [-0.15, -0.1) is 0 Å². The molecule has 1 aliphatic rings. The average molecular weight is 281 g/mol. The number of amides is 1. The maximum atomic E-state index is 12.2. The first-order valence-corrected chi connectivity index (χ1v) is 6.61. The second-order valence-electron chi connectivity index (χ2n) is 4.65. The Hall–Kier alpha value is -2.82. The molecule has 0 saturated carbocycles. The summed E-state index contributed by atoms with van der Waals surface area (Å²) in [7, 11) is 1.61. The highest BCUT2D eigenvalue weighted by atomic mass is 16.5. The van der Waals surface area contributed by atoms with Crippen molar-refractivity contribution in [2.45, 2.75) is 6.04 Å². The van der Waals surface area contributed by atoms with E-state index in [1.165, 1.54) is 0 Å². The molecule has 0 aliphatic carbocycles. The number of benzene rings is 2. The number of nitrogens with zero attached hydrogens (tertiary/aromatic N) is 1. The van der Waals surface area contributed by atoms with Crippen LogP contribution >= 0.6 is 0 Å². The molecule has 106 valence electrons. The molecule has 21 heavy (non-hydrogen) atoms. The molecular weight excluding hydrogens is 266 g/mol. The topological polar surface area (TPSA) is 62.7 Å². The highest BCUT2D eigenvalue weighted by Crippen LogP contribution is 2.19. The highest BCUT2D eigenvalue weighted by Gasteiger charge is 2.25. The van der Waals surface area contributed by atoms with Gasteiger partial charge in [-0.25, -0.2) is 0 Å². The van der Waals surface area contributed by atoms with Gasteiger partial charge in [0.05, 0.1) is 7.11 Å². The number of nitrogens with one attached hydrogen (secondary N) is 2. The third kappa shape index (κ3) is 2.72. The number of carbonyl (C=O) groups excluding carboxylic acids is 1. The van der Waals surface area contributed by atoms with Gasteiger partial charge in [-0.3, -0.25) is 10.2 Å². The quantitative estimate of drug-likeness (QED) is 0.902. The van der Waals surface area contributed by atoms with Crippen LogP contribution in [-0.4, -0.2) is 18.9 Å². The third-order valence-electron chi connectivity index (χ3n) is 3.31. The summed E-state index contributed by atoms with van der Waals surface area (Å²) in [5, 5.41) is 7.08. The lowest BCUT2D eigenvalue weighted by Crippen LogP contribution is -2.45. The minimum absolute atomic E-state index is 0.131. The monoisotopic (exact) mass is 281 g/mol. The van der Waals surface area contributed by atoms with Crippen LogP contribution in [-0.2, 0) is 4.79 Å². The summed E-state index contributed by atoms with van der Waals surface area (Å²) < 4.78 is 5.11. The number of hydrogen-bond acceptors (Lipinski definition) is 4. The Morgan fingerprint density at radius 3 is 2.38 bits per heavy atom. The molecule has 2 N–H and O–H groups in total. The Kier molecular flexibility index (Phi) is 3.55. The van der Waals surface area contributed by atoms with Crippen molar-refractivity contribution in [1.82, 2.24) is 10.7 Å². The molecular formula is C16H15N3O2. The van der Waals surface area contributed by atoms with Crippen molar-refractivity contribution in [3.63, 3.8) is 0 Å². The van der Waals surface area contributed by atoms with Crippen LogP contribution in [0.1, 0.15) is 17.2 Å². The van der Waals surface area contributed by atoms with Gasteiger partial charge in [0, 0.05) is 5.56 Å². The molecule has 0 aromatic heterocycles. The lowest BCUT2D eigenvalue weighted by Gasteiger charge is -2.23. The number of methoxy groups -OCH3 is 1. The molecule has 0 spiro atoms. The maximum absolute atomic E-state index is 12.2. The molecule has 5 nitrogen and oxygen atoms in total. The summed E-state index contributed by atoms with van der Waals surface area (Å²) in [6.07, 6.45) is 0. The summed E-state index contributed by atoms with van der Waals surface area (Å²) in [4.78, 5) is 12.2. The van der Waals surface area contributed by atoms with Gasteiger partial charge in [0.1, 0.15) is 11.8 Å². The molecule has 3 rings (SSSR count). The fraction of sp³-hybridized carbons (Fsp3) is 0.125. The minimum atomic E-state index is -0.497. The number of ether oxygens (including phenoxy) is 1. The van der Waals surface area contributed by atoms with E-state index >= 15 is 0 Å². The molecule has 2 aromatic carbocycles. The smallest absolute Gasteiger partial charge is 0.254 e. The van der Waals surface area contributed by atoms with Gasteiger partial charge in [0.25, 0.3) is 5.91 Å². The maximum Gasteiger partial charge on any atom is 0.254 e. The first kappa shape index (κ1) is 13.2. The van der Waals surface area contributed by atoms with E-state index in [1.54, 1.807) is 7.11 Å². The van der Waals surface area contributed by atoms with Crippen LogP contribution in [0.3, 0.4) is 0 Å². The molecule has 1 unspecified atom stereocenters. The zero-order chi connectivity index (χ0) is 14.7. The Balaban J connectivity index is 1.81. The molecule has 0 bridgehead atoms. The first-order chi connectivity index (χ1) is 10.3. The zero-order valence-corrected chi connectivity index (χ0v) is 11.5. The lowest BCUT2D eigenvalue weighted by atomic mass is 10.1. The molecule has 1 heterocycles. The summed E-state index contributed by atoms with van der Waals surface area (Å²) in [6, 6.07) is 16.4. The van der Waals surface area contributed by atoms with Gasteiger partial charge in [-0.1, -0.05) is 42.5 Å². The number of rotatable bonds is 3. The lowest BCUT2D eigenvalue weighted by molar-refractivity contribution is -0.122. The zero-order valence-electron chi connectivity index (χ0n) is 11.5. The van der Waals surface area contributed by atoms with Crippen molar-refractivity contribution in [1.29, 1.82) is 0 Å². The van der Waals surface area contributed by atoms with Crippen molar-refractivity contribution < 1.29 is 9.53 Å². The van der Waals surface area contributed by atoms with Crippen molar-refractivity contribution in [3.8, 4) is 5.75 Å². The van der Waals surface area contributed by atoms with E-state index in [0.717, 1.165) is 16.9 Å². The van der Waals surface area contributed by atoms with Crippen molar-refractivity contribution in [2.75, 3.05) is 7.11 Å². The molecule has 1 aliphatic heterocycles. The van der Waals surface area contributed by atoms with Crippen molar-refractivity contribution >= 4 is 11.7 Å². The van der Waals surface area contributed by atoms with Gasteiger partial charge in [0.2, 0.25) is 0 Å². The summed E-state index contributed by atoms with van der Waals surface area (Å²) in [5.74, 6) is 1.16. The number of hydrazone groups is 1. The van der Waals surface area contributed by atoms with E-state index in [0.29, 0.717) is 5.84 Å². The van der Waals surface area contributed by atoms with E-state index in [2.05, 4.69) is 15.8 Å². The molecule has 0 radical (unpaired) electrons. The third-order valence-corrected chi connectivity index (χ3v) is 3.31. The molecule has 1 amide bonds. The van der Waals surface area contributed by atoms with E-state index in [1.807, 2.05) is 54.6 Å². The standard InChI is InChI=1S/C16H15N3O2/c1-21-13-9-7-11(8-10-13)14-16(20)17-15(19-18-14)12-5-3-2-4-6-12/h2-10,14,18H,1H3,(H,17,19,20). The van der Waals surface area contributed by atoms with Crippen LogP contribution in [0.15, 0.2) is 59.7 Å². The number of amidine groups is 1. The minimum Gasteiger partial charge on any atom is -0.497 e. The van der Waals surface area contributed by atoms with E-state index < -0.39 is 6.04 Å². The van der Waals surface area contributed by atoms with Crippen LogP contribution in [0.5, 0.6) is 5.75 Å². The number of carbonyl (C=O) groups is 1. The molecule has 1 atom stereocenters. The highest BCUT2D eigenvalue weighted by molar-refractivity contribution is 6.10. The van der Waals surface area contributed by atoms with Gasteiger partial charge in [-0.2, -0.15) is 5.10 Å². The summed E-state index contributed by atoms with van der Waals surface area (Å²) in [6.45, 7) is 0. The van der Waals surface area contributed by atoms with E-state index in [-0.39, 0.29) is 5.91 Å². The fourth-order valence-electron chi connectivity index (χ4n) is 2.16. The summed E-state index contributed by atoms with van der Waals surface area (Å²) >= 11 is 0. The largest absolute Gasteiger partial charge is 0.497 e. The predicted octanol–water partition coefficient (Wildman–Crippen LogP) is 1.82. The predicted molar refractivity (Wildman–Crippen MR) is 80.0 cm³/mol. The Morgan fingerprint density at radius 1 is 1.05 bits per heavy atom. The Bertz CT molecular complexity index is 666. The van der Waals surface area contributed by atoms with Crippen LogP contribution in [0, 0.1) is 0 Å². The molecule has 5 heteroatoms. The van der Waals surface area contributed by atoms with Gasteiger partial charge >= 0.3 is 0 Å². The summed E-state index contributed by atoms with van der Waals surface area (Å²) in [5.41, 5.74) is 4.61. The van der Waals surface area contributed by atoms with Gasteiger partial charge < -0.3 is 10.1 Å². The number of hydrogen-bond donors (Lipinski definition) is 2. The van der Waals surface area contributed by atoms with Crippen LogP contribution in [0.4, 0.5) is 0 Å².